The number of benzene rings is 1. The van der Waals surface area contributed by atoms with Crippen molar-refractivity contribution in [3.05, 3.63) is 55.7 Å². The zero-order chi connectivity index (χ0) is 14.2. The summed E-state index contributed by atoms with van der Waals surface area (Å²) in [5.41, 5.74) is -0.595. The first-order valence-corrected chi connectivity index (χ1v) is 7.41. The van der Waals surface area contributed by atoms with Gasteiger partial charge >= 0.3 is 6.18 Å². The van der Waals surface area contributed by atoms with Gasteiger partial charge in [-0.05, 0) is 40.5 Å². The molecule has 0 nitrogen and oxygen atoms in total. The summed E-state index contributed by atoms with van der Waals surface area (Å²) in [6.07, 6.45) is -4.40. The largest absolute Gasteiger partial charge is 0.416 e. The lowest BCUT2D eigenvalue weighted by Gasteiger charge is -2.15. The van der Waals surface area contributed by atoms with Gasteiger partial charge in [0.2, 0.25) is 0 Å². The number of alkyl halides is 4. The Morgan fingerprint density at radius 2 is 1.89 bits per heavy atom. The Bertz CT molecular complexity index is 572. The predicted molar refractivity (Wildman–Crippen MR) is 75.9 cm³/mol. The minimum Gasteiger partial charge on any atom is -0.166 e. The van der Waals surface area contributed by atoms with Gasteiger partial charge in [0.05, 0.1) is 10.9 Å². The van der Waals surface area contributed by atoms with Gasteiger partial charge in [0.15, 0.2) is 0 Å². The minimum absolute atomic E-state index is 0.0883. The molecule has 0 saturated carbocycles. The summed E-state index contributed by atoms with van der Waals surface area (Å²) in [5, 5.41) is -0.798. The predicted octanol–water partition coefficient (Wildman–Crippen LogP) is 6.17. The molecule has 102 valence electrons. The number of halogens is 5. The van der Waals surface area contributed by atoms with Gasteiger partial charge in [-0.15, -0.1) is 22.9 Å². The Labute approximate surface area is 126 Å². The van der Waals surface area contributed by atoms with Gasteiger partial charge in [0.1, 0.15) is 0 Å². The third-order valence-corrected chi connectivity index (χ3v) is 5.47. The molecule has 0 spiro atoms. The van der Waals surface area contributed by atoms with E-state index in [0.29, 0.717) is 4.88 Å². The van der Waals surface area contributed by atoms with Gasteiger partial charge < -0.3 is 0 Å². The van der Waals surface area contributed by atoms with E-state index in [-0.39, 0.29) is 5.56 Å². The summed E-state index contributed by atoms with van der Waals surface area (Å²) >= 11 is 11.0. The van der Waals surface area contributed by atoms with Gasteiger partial charge in [-0.3, -0.25) is 0 Å². The molecule has 1 aromatic heterocycles. The third kappa shape index (κ3) is 3.15. The fourth-order valence-electron chi connectivity index (χ4n) is 1.74. The van der Waals surface area contributed by atoms with Crippen molar-refractivity contribution in [2.24, 2.45) is 0 Å². The molecule has 0 fully saturated rings. The molecule has 0 aliphatic heterocycles. The molecule has 0 aliphatic carbocycles. The van der Waals surface area contributed by atoms with E-state index in [1.165, 1.54) is 23.5 Å². The molecule has 19 heavy (non-hydrogen) atoms. The van der Waals surface area contributed by atoms with E-state index in [4.69, 9.17) is 11.6 Å². The quantitative estimate of drug-likeness (QED) is 0.556. The first kappa shape index (κ1) is 14.9. The molecule has 2 aromatic rings. The second-order valence-corrected chi connectivity index (χ2v) is 6.58. The maximum Gasteiger partial charge on any atom is 0.416 e. The highest BCUT2D eigenvalue weighted by Crippen LogP contribution is 2.42. The van der Waals surface area contributed by atoms with Gasteiger partial charge in [-0.2, -0.15) is 13.2 Å². The molecule has 0 saturated heterocycles. The fraction of sp³-hybridized carbons (Fsp3) is 0.231. The Kier molecular flexibility index (Phi) is 4.28. The summed E-state index contributed by atoms with van der Waals surface area (Å²) in [6.45, 7) is 1.89. The molecule has 0 N–H and O–H groups in total. The van der Waals surface area contributed by atoms with Gasteiger partial charge in [0.25, 0.3) is 0 Å². The van der Waals surface area contributed by atoms with Crippen LogP contribution in [0.25, 0.3) is 0 Å². The van der Waals surface area contributed by atoms with Crippen LogP contribution in [0, 0.1) is 6.92 Å². The summed E-state index contributed by atoms with van der Waals surface area (Å²) in [4.78, 5) is 1.69. The van der Waals surface area contributed by atoms with Crippen molar-refractivity contribution in [1.29, 1.82) is 0 Å². The van der Waals surface area contributed by atoms with Crippen LogP contribution in [-0.2, 0) is 6.18 Å². The monoisotopic (exact) mass is 368 g/mol. The van der Waals surface area contributed by atoms with E-state index >= 15 is 0 Å². The molecule has 1 unspecified atom stereocenters. The van der Waals surface area contributed by atoms with Gasteiger partial charge in [0, 0.05) is 14.2 Å². The van der Waals surface area contributed by atoms with Crippen LogP contribution in [-0.4, -0.2) is 0 Å². The summed E-state index contributed by atoms with van der Waals surface area (Å²) in [5.74, 6) is 0. The van der Waals surface area contributed by atoms with Crippen LogP contribution >= 0.6 is 38.9 Å². The molecule has 0 radical (unpaired) electrons. The number of hydrogen-bond donors (Lipinski definition) is 0. The molecule has 0 amide bonds. The Balaban J connectivity index is 2.47. The van der Waals surface area contributed by atoms with E-state index < -0.39 is 17.1 Å². The van der Waals surface area contributed by atoms with Crippen LogP contribution in [0.4, 0.5) is 13.2 Å². The van der Waals surface area contributed by atoms with E-state index in [9.17, 15) is 13.2 Å². The van der Waals surface area contributed by atoms with Crippen molar-refractivity contribution in [3.63, 3.8) is 0 Å². The number of aryl methyl sites for hydroxylation is 1. The lowest BCUT2D eigenvalue weighted by atomic mass is 10.0. The molecule has 1 atom stereocenters. The standard InChI is InChI=1S/C13H9BrClF3S/c1-7-10(14)6-11(19-7)12(15)8-4-2-3-5-9(8)13(16,17)18/h2-6,12H,1H3. The van der Waals surface area contributed by atoms with Crippen LogP contribution in [0.1, 0.15) is 26.3 Å². The van der Waals surface area contributed by atoms with Crippen molar-refractivity contribution in [2.75, 3.05) is 0 Å². The molecule has 0 bridgehead atoms. The highest BCUT2D eigenvalue weighted by Gasteiger charge is 2.35. The smallest absolute Gasteiger partial charge is 0.166 e. The average Bonchev–Trinajstić information content (AvgIpc) is 2.68. The van der Waals surface area contributed by atoms with Crippen molar-refractivity contribution in [1.82, 2.24) is 0 Å². The Morgan fingerprint density at radius 3 is 2.42 bits per heavy atom. The summed E-state index contributed by atoms with van der Waals surface area (Å²) in [7, 11) is 0. The molecule has 6 heteroatoms. The molecule has 1 aromatic carbocycles. The molecule has 1 heterocycles. The van der Waals surface area contributed by atoms with Crippen molar-refractivity contribution in [2.45, 2.75) is 18.5 Å². The highest BCUT2D eigenvalue weighted by atomic mass is 79.9. The number of rotatable bonds is 2. The van der Waals surface area contributed by atoms with Crippen molar-refractivity contribution >= 4 is 38.9 Å². The van der Waals surface area contributed by atoms with Crippen LogP contribution in [0.15, 0.2) is 34.8 Å². The number of thiophene rings is 1. The second-order valence-electron chi connectivity index (χ2n) is 4.00. The zero-order valence-corrected chi connectivity index (χ0v) is 12.9. The van der Waals surface area contributed by atoms with Crippen LogP contribution < -0.4 is 0 Å². The average molecular weight is 370 g/mol. The lowest BCUT2D eigenvalue weighted by Crippen LogP contribution is -2.10. The normalized spacial score (nSPS) is 13.6. The maximum atomic E-state index is 12.9. The minimum atomic E-state index is -4.40. The third-order valence-electron chi connectivity index (χ3n) is 2.67. The lowest BCUT2D eigenvalue weighted by molar-refractivity contribution is -0.138. The Morgan fingerprint density at radius 1 is 1.26 bits per heavy atom. The molecule has 0 aliphatic rings. The van der Waals surface area contributed by atoms with Gasteiger partial charge in [-0.1, -0.05) is 18.2 Å². The molecular weight excluding hydrogens is 361 g/mol. The van der Waals surface area contributed by atoms with E-state index in [0.717, 1.165) is 15.4 Å². The topological polar surface area (TPSA) is 0 Å². The van der Waals surface area contributed by atoms with E-state index in [1.54, 1.807) is 12.1 Å². The molecular formula is C13H9BrClF3S. The van der Waals surface area contributed by atoms with Crippen LogP contribution in [0.5, 0.6) is 0 Å². The van der Waals surface area contributed by atoms with E-state index in [1.807, 2.05) is 6.92 Å². The highest BCUT2D eigenvalue weighted by molar-refractivity contribution is 9.10. The number of hydrogen-bond acceptors (Lipinski definition) is 1. The summed E-state index contributed by atoms with van der Waals surface area (Å²) in [6, 6.07) is 7.18. The van der Waals surface area contributed by atoms with Gasteiger partial charge in [-0.25, -0.2) is 0 Å². The van der Waals surface area contributed by atoms with Crippen molar-refractivity contribution < 1.29 is 13.2 Å². The first-order chi connectivity index (χ1) is 8.80. The molecule has 2 rings (SSSR count). The summed E-state index contributed by atoms with van der Waals surface area (Å²) < 4.78 is 39.7. The van der Waals surface area contributed by atoms with E-state index in [2.05, 4.69) is 15.9 Å². The SMILES string of the molecule is Cc1sc(C(Cl)c2ccccc2C(F)(F)F)cc1Br. The first-order valence-electron chi connectivity index (χ1n) is 5.36. The van der Waals surface area contributed by atoms with Crippen LogP contribution in [0.2, 0.25) is 0 Å². The van der Waals surface area contributed by atoms with Crippen molar-refractivity contribution in [3.8, 4) is 0 Å². The van der Waals surface area contributed by atoms with Crippen LogP contribution in [0.3, 0.4) is 0 Å². The zero-order valence-electron chi connectivity index (χ0n) is 9.76. The maximum absolute atomic E-state index is 12.9. The Hall–Kier alpha value is -0.520. The fourth-order valence-corrected chi connectivity index (χ4v) is 3.68. The second kappa shape index (κ2) is 5.46.